The van der Waals surface area contributed by atoms with Crippen molar-refractivity contribution in [3.63, 3.8) is 0 Å². The summed E-state index contributed by atoms with van der Waals surface area (Å²) in [4.78, 5) is 23.0. The first kappa shape index (κ1) is 19.2. The summed E-state index contributed by atoms with van der Waals surface area (Å²) in [6.45, 7) is 6.64. The Labute approximate surface area is 143 Å². The van der Waals surface area contributed by atoms with Crippen molar-refractivity contribution >= 4 is 30.1 Å². The van der Waals surface area contributed by atoms with Crippen LogP contribution in [0, 0.1) is 19.8 Å². The highest BCUT2D eigenvalue weighted by Crippen LogP contribution is 2.19. The van der Waals surface area contributed by atoms with Crippen LogP contribution in [0.25, 0.3) is 0 Å². The number of nitrogens with one attached hydrogen (secondary N) is 1. The van der Waals surface area contributed by atoms with Crippen LogP contribution in [0.2, 0.25) is 0 Å². The van der Waals surface area contributed by atoms with Gasteiger partial charge in [0.2, 0.25) is 5.91 Å². The number of aromatic nitrogens is 2. The van der Waals surface area contributed by atoms with Crippen LogP contribution in [0.1, 0.15) is 24.2 Å². The summed E-state index contributed by atoms with van der Waals surface area (Å²) in [6.07, 6.45) is 2.31. The van der Waals surface area contributed by atoms with Crippen molar-refractivity contribution in [1.29, 1.82) is 0 Å². The molecule has 5 nitrogen and oxygen atoms in total. The minimum atomic E-state index is 0. The summed E-state index contributed by atoms with van der Waals surface area (Å²) in [6, 6.07) is 1.94. The molecule has 0 spiro atoms. The summed E-state index contributed by atoms with van der Waals surface area (Å²) >= 11 is 1.44. The summed E-state index contributed by atoms with van der Waals surface area (Å²) < 4.78 is 0. The Bertz CT molecular complexity index is 478. The van der Waals surface area contributed by atoms with E-state index in [0.717, 1.165) is 37.4 Å². The Morgan fingerprint density at radius 2 is 2.09 bits per heavy atom. The van der Waals surface area contributed by atoms with E-state index in [9.17, 15) is 4.79 Å². The van der Waals surface area contributed by atoms with Gasteiger partial charge in [0.05, 0.1) is 5.75 Å². The van der Waals surface area contributed by atoms with Crippen molar-refractivity contribution in [1.82, 2.24) is 20.2 Å². The summed E-state index contributed by atoms with van der Waals surface area (Å²) in [7, 11) is 1.97. The Kier molecular flexibility index (Phi) is 8.14. The monoisotopic (exact) mass is 344 g/mol. The summed E-state index contributed by atoms with van der Waals surface area (Å²) in [5.41, 5.74) is 1.90. The molecule has 1 amide bonds. The Balaban J connectivity index is 0.00000242. The van der Waals surface area contributed by atoms with Gasteiger partial charge in [-0.1, -0.05) is 11.8 Å². The fourth-order valence-corrected chi connectivity index (χ4v) is 3.57. The highest BCUT2D eigenvalue weighted by Gasteiger charge is 2.23. The third-order valence-electron chi connectivity index (χ3n) is 3.65. The third-order valence-corrected chi connectivity index (χ3v) is 4.48. The normalized spacial score (nSPS) is 18.0. The van der Waals surface area contributed by atoms with Gasteiger partial charge >= 0.3 is 0 Å². The van der Waals surface area contributed by atoms with Crippen molar-refractivity contribution in [2.75, 3.05) is 32.4 Å². The average Bonchev–Trinajstić information content (AvgIpc) is 2.44. The molecule has 0 saturated carbocycles. The topological polar surface area (TPSA) is 58.1 Å². The summed E-state index contributed by atoms with van der Waals surface area (Å²) in [5.74, 6) is 1.20. The first-order valence-electron chi connectivity index (χ1n) is 7.46. The van der Waals surface area contributed by atoms with Crippen LogP contribution in [0.4, 0.5) is 0 Å². The molecule has 1 unspecified atom stereocenters. The van der Waals surface area contributed by atoms with Gasteiger partial charge in [-0.05, 0) is 52.3 Å². The molecule has 1 aromatic heterocycles. The number of thioether (sulfide) groups is 1. The van der Waals surface area contributed by atoms with Crippen LogP contribution >= 0.6 is 24.2 Å². The van der Waals surface area contributed by atoms with Gasteiger partial charge in [-0.25, -0.2) is 9.97 Å². The molecule has 1 aliphatic rings. The van der Waals surface area contributed by atoms with E-state index in [1.165, 1.54) is 18.2 Å². The molecule has 22 heavy (non-hydrogen) atoms. The Morgan fingerprint density at radius 1 is 1.41 bits per heavy atom. The highest BCUT2D eigenvalue weighted by atomic mass is 35.5. The van der Waals surface area contributed by atoms with Crippen molar-refractivity contribution in [3.05, 3.63) is 17.5 Å². The number of halogens is 1. The van der Waals surface area contributed by atoms with Crippen molar-refractivity contribution in [3.8, 4) is 0 Å². The zero-order valence-corrected chi connectivity index (χ0v) is 15.1. The van der Waals surface area contributed by atoms with Crippen LogP contribution in [-0.4, -0.2) is 53.2 Å². The molecule has 0 aliphatic carbocycles. The maximum atomic E-state index is 12.3. The molecule has 1 fully saturated rings. The Hall–Kier alpha value is -0.850. The van der Waals surface area contributed by atoms with Crippen LogP contribution in [0.5, 0.6) is 0 Å². The molecule has 1 aromatic rings. The molecule has 2 heterocycles. The van der Waals surface area contributed by atoms with E-state index in [1.807, 2.05) is 31.9 Å². The van der Waals surface area contributed by atoms with Gasteiger partial charge in [-0.15, -0.1) is 12.4 Å². The quantitative estimate of drug-likeness (QED) is 0.654. The van der Waals surface area contributed by atoms with Crippen LogP contribution in [-0.2, 0) is 4.79 Å². The lowest BCUT2D eigenvalue weighted by Gasteiger charge is -2.32. The fourth-order valence-electron chi connectivity index (χ4n) is 2.72. The molecule has 124 valence electrons. The highest BCUT2D eigenvalue weighted by molar-refractivity contribution is 7.99. The van der Waals surface area contributed by atoms with Gasteiger partial charge in [-0.3, -0.25) is 4.79 Å². The molecular formula is C15H25ClN4OS. The van der Waals surface area contributed by atoms with E-state index < -0.39 is 0 Å². The molecule has 1 atom stereocenters. The minimum Gasteiger partial charge on any atom is -0.342 e. The number of carbonyl (C=O) groups is 1. The average molecular weight is 345 g/mol. The van der Waals surface area contributed by atoms with Crippen LogP contribution < -0.4 is 5.32 Å². The predicted octanol–water partition coefficient (Wildman–Crippen LogP) is 2.07. The van der Waals surface area contributed by atoms with Crippen molar-refractivity contribution in [2.24, 2.45) is 5.92 Å². The minimum absolute atomic E-state index is 0. The van der Waals surface area contributed by atoms with E-state index in [4.69, 9.17) is 0 Å². The number of rotatable bonds is 5. The zero-order chi connectivity index (χ0) is 15.2. The zero-order valence-electron chi connectivity index (χ0n) is 13.5. The van der Waals surface area contributed by atoms with E-state index in [1.54, 1.807) is 0 Å². The number of nitrogens with zero attached hydrogens (tertiary/aromatic N) is 3. The molecule has 1 aliphatic heterocycles. The third kappa shape index (κ3) is 5.74. The molecule has 0 bridgehead atoms. The molecule has 1 N–H and O–H groups in total. The molecule has 0 radical (unpaired) electrons. The maximum Gasteiger partial charge on any atom is 0.233 e. The van der Waals surface area contributed by atoms with Gasteiger partial charge < -0.3 is 10.2 Å². The number of amides is 1. The molecule has 1 saturated heterocycles. The van der Waals surface area contributed by atoms with Gasteiger partial charge in [0.15, 0.2) is 5.16 Å². The van der Waals surface area contributed by atoms with E-state index >= 15 is 0 Å². The van der Waals surface area contributed by atoms with Crippen molar-refractivity contribution in [2.45, 2.75) is 31.8 Å². The van der Waals surface area contributed by atoms with Crippen LogP contribution in [0.15, 0.2) is 11.2 Å². The van der Waals surface area contributed by atoms with E-state index in [-0.39, 0.29) is 18.3 Å². The standard InChI is InChI=1S/C15H24N4OS.ClH/c1-11-7-12(2)18-15(17-11)21-10-14(20)19-6-4-5-13(9-19)8-16-3;/h7,13,16H,4-6,8-10H2,1-3H3;1H. The van der Waals surface area contributed by atoms with E-state index in [0.29, 0.717) is 16.8 Å². The maximum absolute atomic E-state index is 12.3. The number of hydrogen-bond donors (Lipinski definition) is 1. The van der Waals surface area contributed by atoms with Crippen molar-refractivity contribution < 1.29 is 4.79 Å². The first-order valence-corrected chi connectivity index (χ1v) is 8.44. The van der Waals surface area contributed by atoms with Crippen LogP contribution in [0.3, 0.4) is 0 Å². The number of hydrogen-bond acceptors (Lipinski definition) is 5. The number of carbonyl (C=O) groups excluding carboxylic acids is 1. The largest absolute Gasteiger partial charge is 0.342 e. The van der Waals surface area contributed by atoms with Gasteiger partial charge in [0.1, 0.15) is 0 Å². The second-order valence-corrected chi connectivity index (χ2v) is 6.57. The molecule has 0 aromatic carbocycles. The number of piperidine rings is 1. The van der Waals surface area contributed by atoms with Gasteiger partial charge in [0.25, 0.3) is 0 Å². The first-order chi connectivity index (χ1) is 10.1. The second kappa shape index (κ2) is 9.33. The smallest absolute Gasteiger partial charge is 0.233 e. The Morgan fingerprint density at radius 3 is 2.73 bits per heavy atom. The number of aryl methyl sites for hydroxylation is 2. The van der Waals surface area contributed by atoms with Gasteiger partial charge in [-0.2, -0.15) is 0 Å². The molecule has 7 heteroatoms. The lowest BCUT2D eigenvalue weighted by Crippen LogP contribution is -2.43. The number of likely N-dealkylation sites (tertiary alicyclic amines) is 1. The molecule has 2 rings (SSSR count). The van der Waals surface area contributed by atoms with Gasteiger partial charge in [0, 0.05) is 24.5 Å². The predicted molar refractivity (Wildman–Crippen MR) is 92.7 cm³/mol. The second-order valence-electron chi connectivity index (χ2n) is 5.63. The van der Waals surface area contributed by atoms with E-state index in [2.05, 4.69) is 15.3 Å². The fraction of sp³-hybridized carbons (Fsp3) is 0.667. The lowest BCUT2D eigenvalue weighted by atomic mass is 9.98. The lowest BCUT2D eigenvalue weighted by molar-refractivity contribution is -0.130. The SMILES string of the molecule is CNCC1CCCN(C(=O)CSc2nc(C)cc(C)n2)C1.Cl. The molecular weight excluding hydrogens is 320 g/mol. The summed E-state index contributed by atoms with van der Waals surface area (Å²) in [5, 5.41) is 3.90.